The summed E-state index contributed by atoms with van der Waals surface area (Å²) in [5, 5.41) is 50.1. The molecule has 0 aliphatic rings. The first-order valence-electron chi connectivity index (χ1n) is 11.0. The number of nitrogens with zero attached hydrogens (tertiary/aromatic N) is 8. The molecule has 0 amide bonds. The zero-order chi connectivity index (χ0) is 30.7. The van der Waals surface area contributed by atoms with Crippen molar-refractivity contribution in [2.24, 2.45) is 14.1 Å². The van der Waals surface area contributed by atoms with Crippen molar-refractivity contribution < 1.29 is 33.9 Å². The number of imidazole rings is 2. The second-order valence-electron chi connectivity index (χ2n) is 7.64. The van der Waals surface area contributed by atoms with Gasteiger partial charge in [-0.05, 0) is 22.0 Å². The monoisotopic (exact) mass is 576 g/mol. The summed E-state index contributed by atoms with van der Waals surface area (Å²) in [5.74, 6) is 0.0793. The van der Waals surface area contributed by atoms with Crippen LogP contribution in [0.25, 0.3) is 0 Å². The summed E-state index contributed by atoms with van der Waals surface area (Å²) in [6.45, 7) is -0.310. The summed E-state index contributed by atoms with van der Waals surface area (Å²) in [4.78, 5) is 46.7. The Morgan fingerprint density at radius 2 is 1.27 bits per heavy atom. The third kappa shape index (κ3) is 8.85. The number of non-ortho nitro benzene ring substituents is 2. The number of aromatic nitrogens is 4. The summed E-state index contributed by atoms with van der Waals surface area (Å²) in [6.07, 6.45) is 2.25. The quantitative estimate of drug-likeness (QED) is 0.235. The van der Waals surface area contributed by atoms with E-state index in [1.54, 1.807) is 6.07 Å². The van der Waals surface area contributed by atoms with E-state index < -0.39 is 25.5 Å². The van der Waals surface area contributed by atoms with E-state index in [9.17, 15) is 44.8 Å². The molecule has 0 saturated carbocycles. The molecule has 2 aromatic heterocycles. The number of hydrogen-bond acceptors (Lipinski definition) is 12. The topological polar surface area (TPSA) is 238 Å². The van der Waals surface area contributed by atoms with Gasteiger partial charge in [0.15, 0.2) is 6.61 Å². The summed E-state index contributed by atoms with van der Waals surface area (Å²) in [6, 6.07) is 10.2. The van der Waals surface area contributed by atoms with Gasteiger partial charge in [-0.15, -0.1) is 0 Å². The van der Waals surface area contributed by atoms with Crippen LogP contribution in [-0.4, -0.2) is 43.9 Å². The van der Waals surface area contributed by atoms with E-state index in [-0.39, 0.29) is 42.0 Å². The Hall–Kier alpha value is -5.85. The molecule has 0 saturated heterocycles. The summed E-state index contributed by atoms with van der Waals surface area (Å²) >= 11 is 0. The highest BCUT2D eigenvalue weighted by atomic mass is 19.1. The molecule has 0 bridgehead atoms. The van der Waals surface area contributed by atoms with E-state index in [2.05, 4.69) is 9.97 Å². The molecule has 0 fully saturated rings. The lowest BCUT2D eigenvalue weighted by molar-refractivity contribution is -0.392. The average Bonchev–Trinajstić information content (AvgIpc) is 3.50. The lowest BCUT2D eigenvalue weighted by Gasteiger charge is -2.04. The minimum Gasteiger partial charge on any atom is -0.483 e. The molecule has 1 N–H and O–H groups in total. The number of rotatable bonds is 8. The van der Waals surface area contributed by atoms with E-state index in [1.165, 1.54) is 53.6 Å². The minimum absolute atomic E-state index is 0.0223. The highest BCUT2D eigenvalue weighted by Gasteiger charge is 2.17. The maximum atomic E-state index is 12.2. The Balaban J connectivity index is 0.000000236. The maximum Gasteiger partial charge on any atom is 0.342 e. The van der Waals surface area contributed by atoms with E-state index in [1.807, 2.05) is 0 Å². The van der Waals surface area contributed by atoms with E-state index in [0.29, 0.717) is 11.6 Å². The number of benzene rings is 2. The fourth-order valence-electron chi connectivity index (χ4n) is 2.92. The molecule has 0 spiro atoms. The smallest absolute Gasteiger partial charge is 0.342 e. The molecule has 4 aromatic rings. The van der Waals surface area contributed by atoms with Gasteiger partial charge >= 0.3 is 11.6 Å². The van der Waals surface area contributed by atoms with Crippen LogP contribution >= 0.6 is 0 Å². The van der Waals surface area contributed by atoms with Crippen LogP contribution in [0.2, 0.25) is 0 Å². The molecule has 0 unspecified atom stereocenters. The van der Waals surface area contributed by atoms with Crippen molar-refractivity contribution in [1.29, 1.82) is 0 Å². The van der Waals surface area contributed by atoms with Gasteiger partial charge in [0.2, 0.25) is 11.6 Å². The van der Waals surface area contributed by atoms with E-state index in [4.69, 9.17) is 9.84 Å². The van der Waals surface area contributed by atoms with Crippen LogP contribution in [-0.2, 0) is 27.3 Å². The number of ether oxygens (including phenoxy) is 1. The zero-order valence-electron chi connectivity index (χ0n) is 21.3. The van der Waals surface area contributed by atoms with Gasteiger partial charge in [0.05, 0.1) is 36.1 Å². The number of aliphatic hydroxyl groups excluding tert-OH is 1. The fraction of sp³-hybridized carbons (Fsp3) is 0.182. The molecule has 216 valence electrons. The van der Waals surface area contributed by atoms with Crippen LogP contribution in [0.15, 0.2) is 60.9 Å². The van der Waals surface area contributed by atoms with Gasteiger partial charge in [-0.1, -0.05) is 12.1 Å². The average molecular weight is 576 g/mol. The van der Waals surface area contributed by atoms with Crippen LogP contribution in [0.4, 0.5) is 27.4 Å². The standard InChI is InChI=1S/C11H10N4O5.C6H4FNO2.C5H7N3O3/c1-13-10(12-6-11(13)15(18)19)7-20-9-4-2-3-8(5-9)14(16)17;7-5-2-1-3-6(4-5)8(9)10;1-7-4(3-9)6-2-5(7)8(10)11/h2-6H,7H2,1H3;1-4H;2,9H,3H2,1H3. The third-order valence-corrected chi connectivity index (χ3v) is 5.05. The number of nitro groups is 4. The normalized spacial score (nSPS) is 9.95. The summed E-state index contributed by atoms with van der Waals surface area (Å²) in [7, 11) is 2.98. The molecule has 4 rings (SSSR count). The Labute approximate surface area is 228 Å². The van der Waals surface area contributed by atoms with Crippen molar-refractivity contribution in [3.63, 3.8) is 0 Å². The van der Waals surface area contributed by atoms with Crippen molar-refractivity contribution in [2.45, 2.75) is 13.2 Å². The van der Waals surface area contributed by atoms with Crippen LogP contribution in [0.1, 0.15) is 11.6 Å². The van der Waals surface area contributed by atoms with Gasteiger partial charge < -0.3 is 30.1 Å². The predicted octanol–water partition coefficient (Wildman–Crippen LogP) is 3.37. The summed E-state index contributed by atoms with van der Waals surface area (Å²) < 4.78 is 20.1. The predicted molar refractivity (Wildman–Crippen MR) is 136 cm³/mol. The first-order valence-corrected chi connectivity index (χ1v) is 11.0. The molecule has 0 aliphatic heterocycles. The second-order valence-corrected chi connectivity index (χ2v) is 7.64. The van der Waals surface area contributed by atoms with Crippen LogP contribution < -0.4 is 4.74 Å². The molecule has 41 heavy (non-hydrogen) atoms. The molecule has 18 nitrogen and oxygen atoms in total. The molecule has 19 heteroatoms. The van der Waals surface area contributed by atoms with Crippen molar-refractivity contribution >= 4 is 23.0 Å². The molecule has 0 atom stereocenters. The summed E-state index contributed by atoms with van der Waals surface area (Å²) in [5.41, 5.74) is -0.312. The van der Waals surface area contributed by atoms with Crippen LogP contribution in [0.5, 0.6) is 5.75 Å². The molecular formula is C22H21FN8O10. The SMILES string of the molecule is Cn1c([N+](=O)[O-])cnc1CO.Cn1c([N+](=O)[O-])cnc1COc1cccc([N+](=O)[O-])c1.O=[N+]([O-])c1cccc(F)c1. The number of hydrogen-bond donors (Lipinski definition) is 1. The Morgan fingerprint density at radius 3 is 1.68 bits per heavy atom. The van der Waals surface area contributed by atoms with E-state index in [0.717, 1.165) is 24.5 Å². The third-order valence-electron chi connectivity index (χ3n) is 5.05. The molecule has 2 heterocycles. The molecule has 2 aromatic carbocycles. The first-order chi connectivity index (χ1) is 19.3. The number of aliphatic hydroxyl groups is 1. The first kappa shape index (κ1) is 31.4. The van der Waals surface area contributed by atoms with Gasteiger partial charge in [-0.2, -0.15) is 0 Å². The van der Waals surface area contributed by atoms with Gasteiger partial charge in [-0.25, -0.2) is 23.5 Å². The maximum absolute atomic E-state index is 12.2. The second kappa shape index (κ2) is 14.3. The van der Waals surface area contributed by atoms with Crippen LogP contribution in [0, 0.1) is 46.3 Å². The Kier molecular flexibility index (Phi) is 11.0. The van der Waals surface area contributed by atoms with Crippen molar-refractivity contribution in [2.75, 3.05) is 0 Å². The van der Waals surface area contributed by atoms with Gasteiger partial charge in [0.1, 0.15) is 30.6 Å². The minimum atomic E-state index is -0.636. The Morgan fingerprint density at radius 1 is 0.780 bits per heavy atom. The Bertz CT molecular complexity index is 1550. The van der Waals surface area contributed by atoms with Gasteiger partial charge in [0.25, 0.3) is 11.4 Å². The van der Waals surface area contributed by atoms with Crippen molar-refractivity contribution in [1.82, 2.24) is 19.1 Å². The molecular weight excluding hydrogens is 555 g/mol. The number of nitro benzene ring substituents is 2. The van der Waals surface area contributed by atoms with Crippen LogP contribution in [0.3, 0.4) is 0 Å². The van der Waals surface area contributed by atoms with Gasteiger partial charge in [0, 0.05) is 12.1 Å². The molecule has 0 radical (unpaired) electrons. The zero-order valence-corrected chi connectivity index (χ0v) is 21.3. The van der Waals surface area contributed by atoms with Crippen molar-refractivity contribution in [3.8, 4) is 5.75 Å². The number of halogens is 1. The highest BCUT2D eigenvalue weighted by Crippen LogP contribution is 2.21. The lowest BCUT2D eigenvalue weighted by atomic mass is 10.3. The highest BCUT2D eigenvalue weighted by molar-refractivity contribution is 5.38. The fourth-order valence-corrected chi connectivity index (χ4v) is 2.92. The molecule has 0 aliphatic carbocycles. The van der Waals surface area contributed by atoms with Gasteiger partial charge in [-0.3, -0.25) is 20.2 Å². The lowest BCUT2D eigenvalue weighted by Crippen LogP contribution is -2.05. The van der Waals surface area contributed by atoms with Crippen molar-refractivity contribution in [3.05, 3.63) is 119 Å². The van der Waals surface area contributed by atoms with E-state index >= 15 is 0 Å². The largest absolute Gasteiger partial charge is 0.483 e.